The molecule has 1 aromatic heterocycles. The molecule has 14 heteroatoms. The van der Waals surface area contributed by atoms with Gasteiger partial charge in [-0.05, 0) is 19.8 Å². The Labute approximate surface area is 171 Å². The van der Waals surface area contributed by atoms with E-state index in [0.717, 1.165) is 0 Å². The first-order valence-electron chi connectivity index (χ1n) is 8.79. The largest absolute Gasteiger partial charge is 0.509 e. The monoisotopic (exact) mass is 434 g/mol. The third kappa shape index (κ3) is 7.36. The number of rotatable bonds is 11. The number of nitrogens with zero attached hydrogens (tertiary/aromatic N) is 4. The molecule has 0 saturated carbocycles. The lowest BCUT2D eigenvalue weighted by atomic mass is 10.3. The molecule has 2 N–H and O–H groups in total. The van der Waals surface area contributed by atoms with Crippen LogP contribution in [0.5, 0.6) is 5.88 Å². The molecule has 0 spiro atoms. The minimum atomic E-state index is -0.866. The molecule has 0 bridgehead atoms. The van der Waals surface area contributed by atoms with E-state index in [9.17, 15) is 14.9 Å². The maximum atomic E-state index is 11.7. The summed E-state index contributed by atoms with van der Waals surface area (Å²) in [5.74, 6) is 0.780. The van der Waals surface area contributed by atoms with E-state index in [1.807, 2.05) is 4.90 Å². The Bertz CT molecular complexity index is 710. The first-order chi connectivity index (χ1) is 13.9. The second kappa shape index (κ2) is 11.4. The summed E-state index contributed by atoms with van der Waals surface area (Å²) in [6, 6.07) is 0. The van der Waals surface area contributed by atoms with Crippen molar-refractivity contribution in [3.8, 4) is 5.88 Å². The fraction of sp³-hybridized carbons (Fsp3) is 0.667. The van der Waals surface area contributed by atoms with E-state index in [0.29, 0.717) is 43.3 Å². The highest BCUT2D eigenvalue weighted by atomic mass is 35.5. The van der Waals surface area contributed by atoms with Gasteiger partial charge in [0.2, 0.25) is 5.88 Å². The number of aryl methyl sites for hydroxylation is 1. The SMILES string of the molecule is COc1nc(C)nc(Cl)c1NC1NCCN1COC(=O)OCCCCO[N+](=O)[O-]. The van der Waals surface area contributed by atoms with Crippen molar-refractivity contribution in [3.63, 3.8) is 0 Å². The maximum Gasteiger partial charge on any atom is 0.509 e. The molecule has 2 heterocycles. The summed E-state index contributed by atoms with van der Waals surface area (Å²) < 4.78 is 15.3. The quantitative estimate of drug-likeness (QED) is 0.169. The van der Waals surface area contributed by atoms with Crippen LogP contribution in [0.25, 0.3) is 0 Å². The Kier molecular flexibility index (Phi) is 8.89. The molecule has 0 aliphatic carbocycles. The van der Waals surface area contributed by atoms with Gasteiger partial charge in [-0.3, -0.25) is 5.32 Å². The Hall–Kier alpha value is -2.64. The van der Waals surface area contributed by atoms with Crippen molar-refractivity contribution < 1.29 is 28.9 Å². The predicted molar refractivity (Wildman–Crippen MR) is 99.9 cm³/mol. The van der Waals surface area contributed by atoms with Crippen molar-refractivity contribution in [2.45, 2.75) is 26.1 Å². The van der Waals surface area contributed by atoms with Gasteiger partial charge in [0.05, 0.1) is 20.3 Å². The van der Waals surface area contributed by atoms with Gasteiger partial charge in [0.1, 0.15) is 17.8 Å². The lowest BCUT2D eigenvalue weighted by Crippen LogP contribution is -2.44. The van der Waals surface area contributed by atoms with E-state index < -0.39 is 11.2 Å². The molecule has 0 radical (unpaired) electrons. The smallest absolute Gasteiger partial charge is 0.479 e. The van der Waals surface area contributed by atoms with Crippen LogP contribution in [-0.4, -0.2) is 72.5 Å². The number of carbonyl (C=O) groups excluding carboxylic acids is 1. The van der Waals surface area contributed by atoms with E-state index in [1.54, 1.807) is 6.92 Å². The Morgan fingerprint density at radius 1 is 1.38 bits per heavy atom. The summed E-state index contributed by atoms with van der Waals surface area (Å²) in [7, 11) is 1.48. The van der Waals surface area contributed by atoms with Crippen LogP contribution in [0.1, 0.15) is 18.7 Å². The van der Waals surface area contributed by atoms with Crippen molar-refractivity contribution in [1.29, 1.82) is 0 Å². The highest BCUT2D eigenvalue weighted by Gasteiger charge is 2.27. The fourth-order valence-corrected chi connectivity index (χ4v) is 2.74. The van der Waals surface area contributed by atoms with E-state index >= 15 is 0 Å². The third-order valence-electron chi connectivity index (χ3n) is 3.82. The standard InChI is InChI=1S/C15H23ClN6O7/c1-10-18-12(16)11(13(19-10)26-2)20-14-17-5-6-21(14)9-28-15(23)27-7-3-4-8-29-22(24)25/h14,17,20H,3-9H2,1-2H3. The van der Waals surface area contributed by atoms with Crippen LogP contribution >= 0.6 is 11.6 Å². The summed E-state index contributed by atoms with van der Waals surface area (Å²) in [4.78, 5) is 35.9. The molecule has 1 aromatic rings. The Morgan fingerprint density at radius 3 is 2.86 bits per heavy atom. The summed E-state index contributed by atoms with van der Waals surface area (Å²) in [6.07, 6.45) is -0.415. The van der Waals surface area contributed by atoms with Gasteiger partial charge in [-0.2, -0.15) is 4.98 Å². The molecular weight excluding hydrogens is 412 g/mol. The van der Waals surface area contributed by atoms with E-state index in [1.165, 1.54) is 7.11 Å². The van der Waals surface area contributed by atoms with E-state index in [-0.39, 0.29) is 31.4 Å². The maximum absolute atomic E-state index is 11.7. The first kappa shape index (κ1) is 22.6. The topological polar surface area (TPSA) is 150 Å². The van der Waals surface area contributed by atoms with Crippen molar-refractivity contribution in [2.24, 2.45) is 0 Å². The molecule has 162 valence electrons. The van der Waals surface area contributed by atoms with Crippen molar-refractivity contribution >= 4 is 23.4 Å². The molecule has 0 aromatic carbocycles. The van der Waals surface area contributed by atoms with Crippen LogP contribution in [0.4, 0.5) is 10.5 Å². The minimum absolute atomic E-state index is 0.0272. The van der Waals surface area contributed by atoms with Crippen LogP contribution in [0, 0.1) is 17.0 Å². The predicted octanol–water partition coefficient (Wildman–Crippen LogP) is 1.15. The number of ether oxygens (including phenoxy) is 3. The summed E-state index contributed by atoms with van der Waals surface area (Å²) >= 11 is 6.19. The number of hydrogen-bond acceptors (Lipinski definition) is 12. The number of unbranched alkanes of at least 4 members (excludes halogenated alkanes) is 1. The van der Waals surface area contributed by atoms with Crippen LogP contribution in [-0.2, 0) is 14.3 Å². The molecule has 1 atom stereocenters. The molecule has 1 aliphatic heterocycles. The summed E-state index contributed by atoms with van der Waals surface area (Å²) in [5.41, 5.74) is 0.420. The van der Waals surface area contributed by atoms with Gasteiger partial charge in [0.25, 0.3) is 5.09 Å². The van der Waals surface area contributed by atoms with Crippen molar-refractivity contribution in [2.75, 3.05) is 45.5 Å². The molecule has 1 saturated heterocycles. The zero-order valence-electron chi connectivity index (χ0n) is 16.1. The summed E-state index contributed by atoms with van der Waals surface area (Å²) in [5, 5.41) is 15.7. The lowest BCUT2D eigenvalue weighted by Gasteiger charge is -2.25. The van der Waals surface area contributed by atoms with Gasteiger partial charge in [-0.15, -0.1) is 10.1 Å². The molecule has 0 amide bonds. The number of hydrogen-bond donors (Lipinski definition) is 2. The molecule has 1 fully saturated rings. The highest BCUT2D eigenvalue weighted by Crippen LogP contribution is 2.30. The fourth-order valence-electron chi connectivity index (χ4n) is 2.48. The zero-order chi connectivity index (χ0) is 21.2. The molecule has 1 aliphatic rings. The van der Waals surface area contributed by atoms with Gasteiger partial charge < -0.3 is 24.4 Å². The number of anilines is 1. The van der Waals surface area contributed by atoms with E-state index in [4.69, 9.17) is 25.8 Å². The zero-order valence-corrected chi connectivity index (χ0v) is 16.8. The van der Waals surface area contributed by atoms with Crippen LogP contribution in [0.15, 0.2) is 0 Å². The second-order valence-electron chi connectivity index (χ2n) is 5.90. The molecule has 29 heavy (non-hydrogen) atoms. The van der Waals surface area contributed by atoms with Crippen LogP contribution in [0.2, 0.25) is 5.15 Å². The number of methoxy groups -OCH3 is 1. The highest BCUT2D eigenvalue weighted by molar-refractivity contribution is 6.32. The first-order valence-corrected chi connectivity index (χ1v) is 9.17. The summed E-state index contributed by atoms with van der Waals surface area (Å²) in [6.45, 7) is 2.96. The molecule has 1 unspecified atom stereocenters. The Balaban J connectivity index is 1.76. The number of halogens is 1. The molecular formula is C15H23ClN6O7. The second-order valence-corrected chi connectivity index (χ2v) is 6.25. The third-order valence-corrected chi connectivity index (χ3v) is 4.10. The molecule has 2 rings (SSSR count). The van der Waals surface area contributed by atoms with Gasteiger partial charge >= 0.3 is 6.16 Å². The van der Waals surface area contributed by atoms with Crippen molar-refractivity contribution in [3.05, 3.63) is 21.1 Å². The number of aromatic nitrogens is 2. The lowest BCUT2D eigenvalue weighted by molar-refractivity contribution is -0.757. The normalized spacial score (nSPS) is 16.3. The Morgan fingerprint density at radius 2 is 2.14 bits per heavy atom. The van der Waals surface area contributed by atoms with Gasteiger partial charge in [0, 0.05) is 13.1 Å². The number of carbonyl (C=O) groups is 1. The van der Waals surface area contributed by atoms with Gasteiger partial charge in [-0.1, -0.05) is 11.6 Å². The van der Waals surface area contributed by atoms with Crippen LogP contribution < -0.4 is 15.4 Å². The van der Waals surface area contributed by atoms with E-state index in [2.05, 4.69) is 25.4 Å². The number of nitrogens with one attached hydrogen (secondary N) is 2. The average molecular weight is 435 g/mol. The average Bonchev–Trinajstić information content (AvgIpc) is 3.11. The minimum Gasteiger partial charge on any atom is -0.479 e. The van der Waals surface area contributed by atoms with Gasteiger partial charge in [0.15, 0.2) is 11.9 Å². The molecule has 13 nitrogen and oxygen atoms in total. The van der Waals surface area contributed by atoms with Gasteiger partial charge in [-0.25, -0.2) is 14.7 Å². The van der Waals surface area contributed by atoms with Crippen LogP contribution in [0.3, 0.4) is 0 Å². The van der Waals surface area contributed by atoms with Crippen molar-refractivity contribution in [1.82, 2.24) is 20.2 Å².